The van der Waals surface area contributed by atoms with E-state index >= 15 is 0 Å². The topological polar surface area (TPSA) is 47.6 Å². The second kappa shape index (κ2) is 12.2. The Kier molecular flexibility index (Phi) is 8.76. The Balaban J connectivity index is 0.00000304. The molecule has 0 unspecified atom stereocenters. The molecule has 1 aliphatic heterocycles. The van der Waals surface area contributed by atoms with E-state index in [-0.39, 0.29) is 24.5 Å². The van der Waals surface area contributed by atoms with Gasteiger partial charge < -0.3 is 14.8 Å². The van der Waals surface area contributed by atoms with Crippen molar-refractivity contribution < 1.29 is 14.3 Å². The van der Waals surface area contributed by atoms with E-state index in [9.17, 15) is 4.79 Å². The minimum Gasteiger partial charge on any atom is -0.462 e. The van der Waals surface area contributed by atoms with Crippen LogP contribution in [-0.2, 0) is 16.1 Å². The first-order valence-corrected chi connectivity index (χ1v) is 12.4. The molecular weight excluding hydrogens is 470 g/mol. The van der Waals surface area contributed by atoms with E-state index in [1.807, 2.05) is 25.1 Å². The molecule has 4 aromatic carbocycles. The van der Waals surface area contributed by atoms with E-state index in [1.54, 1.807) is 6.07 Å². The average molecular weight is 502 g/mol. The first-order chi connectivity index (χ1) is 17.2. The molecular formula is C31H32ClNO3. The lowest BCUT2D eigenvalue weighted by Crippen LogP contribution is -2.41. The minimum atomic E-state index is -0.286. The third-order valence-electron chi connectivity index (χ3n) is 6.73. The number of carbonyl (C=O) groups is 1. The lowest BCUT2D eigenvalue weighted by Gasteiger charge is -2.33. The maximum atomic E-state index is 12.2. The number of esters is 1. The van der Waals surface area contributed by atoms with Gasteiger partial charge in [0.1, 0.15) is 0 Å². The first-order valence-electron chi connectivity index (χ1n) is 12.4. The van der Waals surface area contributed by atoms with Crippen molar-refractivity contribution in [1.29, 1.82) is 0 Å². The van der Waals surface area contributed by atoms with Crippen LogP contribution in [-0.4, -0.2) is 31.8 Å². The quantitative estimate of drug-likeness (QED) is 0.284. The maximum Gasteiger partial charge on any atom is 0.338 e. The highest BCUT2D eigenvalue weighted by molar-refractivity contribution is 5.91. The van der Waals surface area contributed by atoms with Gasteiger partial charge in [-0.2, -0.15) is 0 Å². The monoisotopic (exact) mass is 501 g/mol. The van der Waals surface area contributed by atoms with Gasteiger partial charge in [-0.1, -0.05) is 72.8 Å². The fraction of sp³-hybridized carbons (Fsp3) is 0.258. The van der Waals surface area contributed by atoms with E-state index in [0.29, 0.717) is 24.7 Å². The highest BCUT2D eigenvalue weighted by atomic mass is 35.5. The summed E-state index contributed by atoms with van der Waals surface area (Å²) >= 11 is 0. The predicted molar refractivity (Wildman–Crippen MR) is 148 cm³/mol. The fourth-order valence-corrected chi connectivity index (χ4v) is 4.91. The van der Waals surface area contributed by atoms with Gasteiger partial charge in [0, 0.05) is 12.5 Å². The zero-order valence-electron chi connectivity index (χ0n) is 20.5. The standard InChI is InChI=1S/C31H31NO3.ClH/c1-2-34-31(33)28-12-6-10-26(19-28)25-9-5-11-27(18-25)29-15-16-32-20-30(29)35-21-22-13-14-23-7-3-4-8-24(23)17-22;/h3-14,17-19,29-30,32H,2,15-16,20-21H2,1H3;1H/t29-,30+;/m1./s1. The Morgan fingerprint density at radius 3 is 2.50 bits per heavy atom. The SMILES string of the molecule is CCOC(=O)c1cccc(-c2cccc([C@H]3CCNC[C@@H]3OCc3ccc4ccccc4c3)c2)c1.Cl. The van der Waals surface area contributed by atoms with Crippen LogP contribution in [0.25, 0.3) is 21.9 Å². The van der Waals surface area contributed by atoms with Gasteiger partial charge in [0.05, 0.1) is 24.9 Å². The van der Waals surface area contributed by atoms with Gasteiger partial charge in [-0.15, -0.1) is 12.4 Å². The molecule has 5 heteroatoms. The van der Waals surface area contributed by atoms with Crippen LogP contribution in [0.1, 0.15) is 40.7 Å². The van der Waals surface area contributed by atoms with Crippen molar-refractivity contribution >= 4 is 29.1 Å². The Labute approximate surface area is 219 Å². The van der Waals surface area contributed by atoms with Crippen molar-refractivity contribution in [3.05, 3.63) is 108 Å². The number of halogens is 1. The molecule has 2 atom stereocenters. The maximum absolute atomic E-state index is 12.2. The Bertz CT molecular complexity index is 1320. The summed E-state index contributed by atoms with van der Waals surface area (Å²) in [5, 5.41) is 5.99. The highest BCUT2D eigenvalue weighted by Gasteiger charge is 2.27. The van der Waals surface area contributed by atoms with Crippen molar-refractivity contribution in [2.24, 2.45) is 0 Å². The summed E-state index contributed by atoms with van der Waals surface area (Å²) in [6, 6.07) is 31.3. The zero-order valence-corrected chi connectivity index (χ0v) is 21.3. The summed E-state index contributed by atoms with van der Waals surface area (Å²) < 4.78 is 11.7. The Morgan fingerprint density at radius 2 is 1.67 bits per heavy atom. The number of nitrogens with one attached hydrogen (secondary N) is 1. The van der Waals surface area contributed by atoms with E-state index in [2.05, 4.69) is 72.0 Å². The predicted octanol–water partition coefficient (Wildman–Crippen LogP) is 6.77. The smallest absolute Gasteiger partial charge is 0.338 e. The van der Waals surface area contributed by atoms with Crippen molar-refractivity contribution in [3.63, 3.8) is 0 Å². The van der Waals surface area contributed by atoms with Crippen LogP contribution < -0.4 is 5.32 Å². The second-order valence-corrected chi connectivity index (χ2v) is 9.06. The van der Waals surface area contributed by atoms with E-state index in [0.717, 1.165) is 30.6 Å². The van der Waals surface area contributed by atoms with Crippen LogP contribution in [0.2, 0.25) is 0 Å². The summed E-state index contributed by atoms with van der Waals surface area (Å²) in [7, 11) is 0. The van der Waals surface area contributed by atoms with E-state index in [4.69, 9.17) is 9.47 Å². The summed E-state index contributed by atoms with van der Waals surface area (Å²) in [5.74, 6) is 0.0240. The number of hydrogen-bond donors (Lipinski definition) is 1. The molecule has 0 radical (unpaired) electrons. The normalized spacial score (nSPS) is 17.4. The molecule has 0 bridgehead atoms. The van der Waals surface area contributed by atoms with E-state index in [1.165, 1.54) is 21.9 Å². The molecule has 0 amide bonds. The lowest BCUT2D eigenvalue weighted by atomic mass is 9.86. The van der Waals surface area contributed by atoms with Crippen molar-refractivity contribution in [3.8, 4) is 11.1 Å². The molecule has 0 aliphatic carbocycles. The minimum absolute atomic E-state index is 0. The summed E-state index contributed by atoms with van der Waals surface area (Å²) in [6.07, 6.45) is 1.12. The van der Waals surface area contributed by atoms with Gasteiger partial charge in [-0.25, -0.2) is 4.79 Å². The number of fused-ring (bicyclic) bond motifs is 1. The molecule has 1 heterocycles. The summed E-state index contributed by atoms with van der Waals surface area (Å²) in [5.41, 5.74) is 5.15. The van der Waals surface area contributed by atoms with Gasteiger partial charge in [0.2, 0.25) is 0 Å². The molecule has 0 saturated carbocycles. The molecule has 0 aromatic heterocycles. The molecule has 1 saturated heterocycles. The molecule has 1 aliphatic rings. The number of hydrogen-bond acceptors (Lipinski definition) is 4. The van der Waals surface area contributed by atoms with Crippen LogP contribution >= 0.6 is 12.4 Å². The molecule has 0 spiro atoms. The number of carbonyl (C=O) groups excluding carboxylic acids is 1. The lowest BCUT2D eigenvalue weighted by molar-refractivity contribution is 0.0107. The number of benzene rings is 4. The zero-order chi connectivity index (χ0) is 24.0. The molecule has 1 fully saturated rings. The van der Waals surface area contributed by atoms with Crippen LogP contribution in [0, 0.1) is 0 Å². The van der Waals surface area contributed by atoms with Gasteiger partial charge in [-0.05, 0) is 71.1 Å². The summed E-state index contributed by atoms with van der Waals surface area (Å²) in [6.45, 7) is 4.59. The largest absolute Gasteiger partial charge is 0.462 e. The summed E-state index contributed by atoms with van der Waals surface area (Å²) in [4.78, 5) is 12.2. The van der Waals surface area contributed by atoms with E-state index < -0.39 is 0 Å². The van der Waals surface area contributed by atoms with Gasteiger partial charge in [0.25, 0.3) is 0 Å². The number of rotatable bonds is 7. The molecule has 5 rings (SSSR count). The third kappa shape index (κ3) is 5.96. The molecule has 186 valence electrons. The van der Waals surface area contributed by atoms with Gasteiger partial charge in [0.15, 0.2) is 0 Å². The second-order valence-electron chi connectivity index (χ2n) is 9.06. The number of piperidine rings is 1. The van der Waals surface area contributed by atoms with Gasteiger partial charge >= 0.3 is 5.97 Å². The molecule has 4 aromatic rings. The van der Waals surface area contributed by atoms with Crippen LogP contribution in [0.15, 0.2) is 91.0 Å². The highest BCUT2D eigenvalue weighted by Crippen LogP contribution is 2.32. The average Bonchev–Trinajstić information content (AvgIpc) is 2.92. The van der Waals surface area contributed by atoms with Crippen molar-refractivity contribution in [2.75, 3.05) is 19.7 Å². The number of ether oxygens (including phenoxy) is 2. The molecule has 36 heavy (non-hydrogen) atoms. The molecule has 1 N–H and O–H groups in total. The van der Waals surface area contributed by atoms with Crippen LogP contribution in [0.3, 0.4) is 0 Å². The Hall–Kier alpha value is -3.18. The fourth-order valence-electron chi connectivity index (χ4n) is 4.91. The van der Waals surface area contributed by atoms with Gasteiger partial charge in [-0.3, -0.25) is 0 Å². The Morgan fingerprint density at radius 1 is 0.889 bits per heavy atom. The van der Waals surface area contributed by atoms with Crippen molar-refractivity contribution in [1.82, 2.24) is 5.32 Å². The third-order valence-corrected chi connectivity index (χ3v) is 6.73. The van der Waals surface area contributed by atoms with Crippen LogP contribution in [0.4, 0.5) is 0 Å². The first kappa shape index (κ1) is 25.9. The van der Waals surface area contributed by atoms with Crippen molar-refractivity contribution in [2.45, 2.75) is 32.0 Å². The van der Waals surface area contributed by atoms with Crippen LogP contribution in [0.5, 0.6) is 0 Å². The molecule has 4 nitrogen and oxygen atoms in total.